The van der Waals surface area contributed by atoms with Crippen molar-refractivity contribution in [2.75, 3.05) is 7.11 Å². The van der Waals surface area contributed by atoms with Crippen molar-refractivity contribution in [3.63, 3.8) is 0 Å². The lowest BCUT2D eigenvalue weighted by atomic mass is 9.72. The van der Waals surface area contributed by atoms with Crippen molar-refractivity contribution in [3.05, 3.63) is 23.3 Å². The van der Waals surface area contributed by atoms with Crippen molar-refractivity contribution in [1.29, 1.82) is 0 Å². The van der Waals surface area contributed by atoms with Crippen LogP contribution in [-0.4, -0.2) is 71.0 Å². The third-order valence-corrected chi connectivity index (χ3v) is 7.05. The summed E-state index contributed by atoms with van der Waals surface area (Å²) in [5.41, 5.74) is 0.0816. The number of rotatable bonds is 4. The molecule has 0 saturated carbocycles. The molecule has 0 spiro atoms. The third-order valence-electron chi connectivity index (χ3n) is 7.05. The number of carbonyl (C=O) groups excluding carboxylic acids is 2. The first-order valence-corrected chi connectivity index (χ1v) is 10.4. The van der Waals surface area contributed by atoms with Crippen LogP contribution in [-0.2, 0) is 28.5 Å². The van der Waals surface area contributed by atoms with Gasteiger partial charge in [0.25, 0.3) is 0 Å². The number of hydrogen-bond donors (Lipinski definition) is 2. The average Bonchev–Trinajstić information content (AvgIpc) is 3.39. The van der Waals surface area contributed by atoms with Crippen LogP contribution in [0.3, 0.4) is 0 Å². The monoisotopic (exact) mass is 422 g/mol. The van der Waals surface area contributed by atoms with Crippen molar-refractivity contribution in [1.82, 2.24) is 0 Å². The normalized spacial score (nSPS) is 43.4. The van der Waals surface area contributed by atoms with Crippen LogP contribution in [0.4, 0.5) is 0 Å². The Kier molecular flexibility index (Phi) is 5.22. The second-order valence-corrected chi connectivity index (χ2v) is 9.36. The number of allylic oxidation sites excluding steroid dienone is 1. The first kappa shape index (κ1) is 21.6. The Labute approximate surface area is 175 Å². The highest BCUT2D eigenvalue weighted by atomic mass is 16.7. The second-order valence-electron chi connectivity index (χ2n) is 9.36. The number of Topliss-reactive ketones (excluding diaryl/α,β-unsaturated/α-hetero) is 1. The van der Waals surface area contributed by atoms with Crippen molar-refractivity contribution >= 4 is 11.8 Å². The van der Waals surface area contributed by atoms with E-state index >= 15 is 0 Å². The van der Waals surface area contributed by atoms with E-state index in [2.05, 4.69) is 31.6 Å². The highest BCUT2D eigenvalue weighted by Gasteiger charge is 2.75. The predicted octanol–water partition coefficient (Wildman–Crippen LogP) is 1.04. The minimum atomic E-state index is -1.87. The molecule has 8 nitrogen and oxygen atoms in total. The average molecular weight is 422 g/mol. The molecular formula is C22H30O8. The van der Waals surface area contributed by atoms with Gasteiger partial charge in [0.05, 0.1) is 18.8 Å². The van der Waals surface area contributed by atoms with E-state index in [0.29, 0.717) is 5.92 Å². The highest BCUT2D eigenvalue weighted by Crippen LogP contribution is 2.51. The molecule has 0 amide bonds. The van der Waals surface area contributed by atoms with Gasteiger partial charge in [-0.05, 0) is 52.0 Å². The van der Waals surface area contributed by atoms with E-state index in [1.165, 1.54) is 12.7 Å². The highest BCUT2D eigenvalue weighted by molar-refractivity contribution is 5.97. The summed E-state index contributed by atoms with van der Waals surface area (Å²) >= 11 is 0. The van der Waals surface area contributed by atoms with Crippen molar-refractivity contribution in [3.8, 4) is 0 Å². The maximum absolute atomic E-state index is 12.6. The van der Waals surface area contributed by atoms with Gasteiger partial charge in [0.1, 0.15) is 12.2 Å². The summed E-state index contributed by atoms with van der Waals surface area (Å²) in [7, 11) is 1.17. The van der Waals surface area contributed by atoms with Gasteiger partial charge in [-0.25, -0.2) is 4.79 Å². The van der Waals surface area contributed by atoms with Crippen molar-refractivity contribution in [2.24, 2.45) is 11.8 Å². The van der Waals surface area contributed by atoms with E-state index in [-0.39, 0.29) is 17.6 Å². The summed E-state index contributed by atoms with van der Waals surface area (Å²) < 4.78 is 21.6. The van der Waals surface area contributed by atoms with Crippen LogP contribution >= 0.6 is 0 Å². The van der Waals surface area contributed by atoms with Gasteiger partial charge in [-0.1, -0.05) is 17.7 Å². The van der Waals surface area contributed by atoms with E-state index in [9.17, 15) is 19.8 Å². The smallest absolute Gasteiger partial charge is 0.338 e. The van der Waals surface area contributed by atoms with Gasteiger partial charge in [-0.15, -0.1) is 0 Å². The predicted molar refractivity (Wildman–Crippen MR) is 104 cm³/mol. The van der Waals surface area contributed by atoms with Crippen LogP contribution in [0, 0.1) is 11.8 Å². The summed E-state index contributed by atoms with van der Waals surface area (Å²) in [6, 6.07) is 0. The number of esters is 1. The number of hydrogen-bond acceptors (Lipinski definition) is 8. The fraction of sp³-hybridized carbons (Fsp3) is 0.727. The number of methoxy groups -OCH3 is 1. The molecule has 0 unspecified atom stereocenters. The fourth-order valence-corrected chi connectivity index (χ4v) is 5.38. The maximum atomic E-state index is 12.6. The Bertz CT molecular complexity index is 814. The van der Waals surface area contributed by atoms with Gasteiger partial charge in [-0.2, -0.15) is 0 Å². The molecule has 0 aromatic carbocycles. The molecule has 0 aromatic rings. The molecule has 8 atom stereocenters. The zero-order chi connectivity index (χ0) is 22.0. The molecule has 3 fully saturated rings. The second kappa shape index (κ2) is 7.24. The number of ketones is 1. The standard InChI is InChI=1S/C22H30O8/c1-10-6-7-13-12(8-10)15(29-21(13,3)4)11(2)9-14(23)22-17(24)20(26)28-16(18(22)30-22)19(25)27-5/h8-9,12-16,18,20,23,26H,6-7H2,1-5H3/b11-9+/t12-,13+,14-,15+,16-,18-,20-,22+/m1/s1. The molecule has 1 aliphatic carbocycles. The zero-order valence-corrected chi connectivity index (χ0v) is 18.0. The number of carbonyl (C=O) groups is 2. The fourth-order valence-electron chi connectivity index (χ4n) is 5.38. The first-order chi connectivity index (χ1) is 14.0. The summed E-state index contributed by atoms with van der Waals surface area (Å²) in [6.07, 6.45) is 0.141. The van der Waals surface area contributed by atoms with E-state index in [1.54, 1.807) is 6.08 Å². The Morgan fingerprint density at radius 2 is 2.03 bits per heavy atom. The van der Waals surface area contributed by atoms with Crippen LogP contribution < -0.4 is 0 Å². The van der Waals surface area contributed by atoms with Gasteiger partial charge in [0.2, 0.25) is 12.1 Å². The quantitative estimate of drug-likeness (QED) is 0.392. The maximum Gasteiger partial charge on any atom is 0.338 e. The van der Waals surface area contributed by atoms with Crippen molar-refractivity contribution in [2.45, 2.75) is 82.4 Å². The lowest BCUT2D eigenvalue weighted by molar-refractivity contribution is -0.193. The van der Waals surface area contributed by atoms with Crippen LogP contribution in [0.25, 0.3) is 0 Å². The minimum Gasteiger partial charge on any atom is -0.467 e. The molecule has 0 bridgehead atoms. The van der Waals surface area contributed by atoms with Gasteiger partial charge in [-0.3, -0.25) is 4.79 Å². The molecule has 3 aliphatic heterocycles. The lowest BCUT2D eigenvalue weighted by Crippen LogP contribution is -2.55. The minimum absolute atomic E-state index is 0.185. The van der Waals surface area contributed by atoms with Crippen LogP contribution in [0.15, 0.2) is 23.3 Å². The largest absolute Gasteiger partial charge is 0.467 e. The van der Waals surface area contributed by atoms with Gasteiger partial charge in [0.15, 0.2) is 11.7 Å². The molecule has 3 heterocycles. The number of aliphatic hydroxyl groups excluding tert-OH is 2. The molecule has 0 aromatic heterocycles. The topological polar surface area (TPSA) is 115 Å². The third kappa shape index (κ3) is 3.17. The van der Waals surface area contributed by atoms with E-state index in [1.807, 2.05) is 6.92 Å². The van der Waals surface area contributed by atoms with E-state index < -0.39 is 42.0 Å². The molecule has 0 radical (unpaired) electrons. The molecule has 4 aliphatic rings. The molecule has 3 saturated heterocycles. The number of ether oxygens (including phenoxy) is 4. The summed E-state index contributed by atoms with van der Waals surface area (Å²) in [5, 5.41) is 20.9. The van der Waals surface area contributed by atoms with Crippen LogP contribution in [0.1, 0.15) is 40.5 Å². The molecule has 30 heavy (non-hydrogen) atoms. The molecule has 2 N–H and O–H groups in total. The summed E-state index contributed by atoms with van der Waals surface area (Å²) in [5.74, 6) is -1.02. The SMILES string of the molecule is COC(=O)[C@@H]1O[C@@H](O)C(=O)[C@]2([C@H](O)/C=C(\C)[C@@H]3OC(C)(C)[C@H]4CCC(C)=C[C@@H]34)O[C@H]12. The number of aliphatic hydroxyl groups is 2. The van der Waals surface area contributed by atoms with Gasteiger partial charge < -0.3 is 29.2 Å². The van der Waals surface area contributed by atoms with Crippen LogP contribution in [0.5, 0.6) is 0 Å². The number of fused-ring (bicyclic) bond motifs is 2. The van der Waals surface area contributed by atoms with E-state index in [0.717, 1.165) is 18.4 Å². The Hall–Kier alpha value is -1.58. The Morgan fingerprint density at radius 1 is 1.33 bits per heavy atom. The Balaban J connectivity index is 1.59. The molecule has 166 valence electrons. The summed E-state index contributed by atoms with van der Waals surface area (Å²) in [6.45, 7) is 8.14. The zero-order valence-electron chi connectivity index (χ0n) is 18.0. The lowest BCUT2D eigenvalue weighted by Gasteiger charge is -2.31. The van der Waals surface area contributed by atoms with Crippen molar-refractivity contribution < 1.29 is 38.7 Å². The summed E-state index contributed by atoms with van der Waals surface area (Å²) in [4.78, 5) is 24.5. The molecular weight excluding hydrogens is 392 g/mol. The Morgan fingerprint density at radius 3 is 2.70 bits per heavy atom. The molecule has 4 rings (SSSR count). The first-order valence-electron chi connectivity index (χ1n) is 10.4. The van der Waals surface area contributed by atoms with E-state index in [4.69, 9.17) is 14.2 Å². The van der Waals surface area contributed by atoms with Gasteiger partial charge in [0, 0.05) is 5.92 Å². The number of epoxide rings is 1. The molecule has 8 heteroatoms. The van der Waals surface area contributed by atoms with Gasteiger partial charge >= 0.3 is 5.97 Å². The van der Waals surface area contributed by atoms with Crippen LogP contribution in [0.2, 0.25) is 0 Å².